The summed E-state index contributed by atoms with van der Waals surface area (Å²) in [6, 6.07) is 5.65. The summed E-state index contributed by atoms with van der Waals surface area (Å²) in [5.74, 6) is 0.339. The van der Waals surface area contributed by atoms with Gasteiger partial charge in [0, 0.05) is 31.0 Å². The Morgan fingerprint density at radius 2 is 2.16 bits per heavy atom. The smallest absolute Gasteiger partial charge is 0.292 e. The van der Waals surface area contributed by atoms with Gasteiger partial charge in [0.1, 0.15) is 6.10 Å². The Balaban J connectivity index is 1.76. The van der Waals surface area contributed by atoms with Crippen molar-refractivity contribution in [3.63, 3.8) is 0 Å². The fourth-order valence-corrected chi connectivity index (χ4v) is 2.83. The number of nitrogens with one attached hydrogen (secondary N) is 1. The fraction of sp³-hybridized carbons (Fsp3) is 0.500. The predicted molar refractivity (Wildman–Crippen MR) is 93.7 cm³/mol. The van der Waals surface area contributed by atoms with Crippen molar-refractivity contribution in [1.82, 2.24) is 15.0 Å². The minimum atomic E-state index is -0.253. The first-order chi connectivity index (χ1) is 12.0. The maximum atomic E-state index is 12.7. The standard InChI is InChI=1S/C18H24N4O3/c1-11(2)14-9-16(25-21-14)18(23)22-5-6-24-17(10-22)15-8-13(19-4)7-12(3)20-15/h7-9,11,17H,5-6,10H2,1-4H3,(H,19,20)/t17-/m0/s1. The molecule has 3 heterocycles. The van der Waals surface area contributed by atoms with Crippen molar-refractivity contribution in [3.05, 3.63) is 41.0 Å². The molecule has 1 fully saturated rings. The molecule has 1 saturated heterocycles. The number of hydrogen-bond donors (Lipinski definition) is 1. The van der Waals surface area contributed by atoms with E-state index in [2.05, 4.69) is 15.5 Å². The Hall–Kier alpha value is -2.41. The number of hydrogen-bond acceptors (Lipinski definition) is 6. The average molecular weight is 344 g/mol. The Kier molecular flexibility index (Phi) is 5.03. The number of ether oxygens (including phenoxy) is 1. The van der Waals surface area contributed by atoms with Gasteiger partial charge in [0.05, 0.1) is 24.5 Å². The van der Waals surface area contributed by atoms with E-state index in [1.54, 1.807) is 11.0 Å². The lowest BCUT2D eigenvalue weighted by atomic mass is 10.1. The van der Waals surface area contributed by atoms with Crippen LogP contribution in [0.3, 0.4) is 0 Å². The van der Waals surface area contributed by atoms with Crippen molar-refractivity contribution in [3.8, 4) is 0 Å². The highest BCUT2D eigenvalue weighted by Crippen LogP contribution is 2.25. The van der Waals surface area contributed by atoms with Crippen LogP contribution >= 0.6 is 0 Å². The second kappa shape index (κ2) is 7.23. The molecule has 3 rings (SSSR count). The quantitative estimate of drug-likeness (QED) is 0.918. The van der Waals surface area contributed by atoms with Crippen LogP contribution in [0.15, 0.2) is 22.7 Å². The summed E-state index contributed by atoms with van der Waals surface area (Å²) in [6.45, 7) is 7.40. The van der Waals surface area contributed by atoms with E-state index < -0.39 is 0 Å². The SMILES string of the molecule is CNc1cc(C)nc([C@@H]2CN(C(=O)c3cc(C(C)C)no3)CCO2)c1. The number of aromatic nitrogens is 2. The van der Waals surface area contributed by atoms with Gasteiger partial charge in [-0.25, -0.2) is 0 Å². The van der Waals surface area contributed by atoms with E-state index in [9.17, 15) is 4.79 Å². The minimum absolute atomic E-state index is 0.158. The molecule has 1 N–H and O–H groups in total. The van der Waals surface area contributed by atoms with E-state index in [0.29, 0.717) is 19.7 Å². The van der Waals surface area contributed by atoms with Crippen LogP contribution < -0.4 is 5.32 Å². The number of aryl methyl sites for hydroxylation is 1. The van der Waals surface area contributed by atoms with Crippen LogP contribution in [-0.4, -0.2) is 47.7 Å². The highest BCUT2D eigenvalue weighted by atomic mass is 16.5. The first kappa shape index (κ1) is 17.4. The number of carbonyl (C=O) groups is 1. The van der Waals surface area contributed by atoms with Crippen LogP contribution in [0.2, 0.25) is 0 Å². The molecule has 0 aromatic carbocycles. The van der Waals surface area contributed by atoms with Crippen molar-refractivity contribution in [2.45, 2.75) is 32.8 Å². The molecule has 1 atom stereocenters. The minimum Gasteiger partial charge on any atom is -0.388 e. The molecular formula is C18H24N4O3. The molecule has 0 unspecified atom stereocenters. The van der Waals surface area contributed by atoms with Crippen LogP contribution in [0.4, 0.5) is 5.69 Å². The van der Waals surface area contributed by atoms with E-state index in [-0.39, 0.29) is 23.7 Å². The number of anilines is 1. The molecule has 1 aliphatic heterocycles. The number of pyridine rings is 1. The van der Waals surface area contributed by atoms with Crippen molar-refractivity contribution in [2.75, 3.05) is 32.1 Å². The summed E-state index contributed by atoms with van der Waals surface area (Å²) in [5.41, 5.74) is 3.49. The number of rotatable bonds is 4. The first-order valence-electron chi connectivity index (χ1n) is 8.51. The van der Waals surface area contributed by atoms with Crippen LogP contribution in [0.1, 0.15) is 53.5 Å². The van der Waals surface area contributed by atoms with Gasteiger partial charge in [0.15, 0.2) is 0 Å². The Morgan fingerprint density at radius 1 is 1.36 bits per heavy atom. The second-order valence-electron chi connectivity index (χ2n) is 6.55. The van der Waals surface area contributed by atoms with Crippen molar-refractivity contribution in [2.24, 2.45) is 0 Å². The molecule has 0 spiro atoms. The summed E-state index contributed by atoms with van der Waals surface area (Å²) in [7, 11) is 1.87. The van der Waals surface area contributed by atoms with E-state index in [1.807, 2.05) is 40.0 Å². The maximum absolute atomic E-state index is 12.7. The molecule has 2 aromatic heterocycles. The molecular weight excluding hydrogens is 320 g/mol. The third-order valence-corrected chi connectivity index (χ3v) is 4.28. The van der Waals surface area contributed by atoms with E-state index in [4.69, 9.17) is 9.26 Å². The van der Waals surface area contributed by atoms with Crippen LogP contribution in [-0.2, 0) is 4.74 Å². The maximum Gasteiger partial charge on any atom is 0.292 e. The topological polar surface area (TPSA) is 80.5 Å². The zero-order chi connectivity index (χ0) is 18.0. The molecule has 0 saturated carbocycles. The average Bonchev–Trinajstić information content (AvgIpc) is 3.11. The van der Waals surface area contributed by atoms with E-state index >= 15 is 0 Å². The lowest BCUT2D eigenvalue weighted by molar-refractivity contribution is -0.0259. The normalized spacial score (nSPS) is 17.8. The zero-order valence-electron chi connectivity index (χ0n) is 15.1. The molecule has 1 aliphatic rings. The lowest BCUT2D eigenvalue weighted by Crippen LogP contribution is -2.42. The highest BCUT2D eigenvalue weighted by molar-refractivity contribution is 5.91. The van der Waals surface area contributed by atoms with Gasteiger partial charge in [-0.15, -0.1) is 0 Å². The van der Waals surface area contributed by atoms with Crippen molar-refractivity contribution >= 4 is 11.6 Å². The van der Waals surface area contributed by atoms with E-state index in [1.165, 1.54) is 0 Å². The van der Waals surface area contributed by atoms with Gasteiger partial charge in [-0.2, -0.15) is 0 Å². The molecule has 7 heteroatoms. The molecule has 1 amide bonds. The Bertz CT molecular complexity index is 757. The van der Waals surface area contributed by atoms with Crippen molar-refractivity contribution < 1.29 is 14.1 Å². The first-order valence-corrected chi connectivity index (χ1v) is 8.51. The molecule has 0 aliphatic carbocycles. The molecule has 25 heavy (non-hydrogen) atoms. The Labute approximate surface area is 147 Å². The summed E-state index contributed by atoms with van der Waals surface area (Å²) in [6.07, 6.45) is -0.253. The van der Waals surface area contributed by atoms with Gasteiger partial charge in [0.25, 0.3) is 5.91 Å². The molecule has 0 bridgehead atoms. The number of nitrogens with zero attached hydrogens (tertiary/aromatic N) is 3. The zero-order valence-corrected chi connectivity index (χ0v) is 15.1. The summed E-state index contributed by atoms with van der Waals surface area (Å²) >= 11 is 0. The third kappa shape index (κ3) is 3.82. The van der Waals surface area contributed by atoms with Crippen molar-refractivity contribution in [1.29, 1.82) is 0 Å². The second-order valence-corrected chi connectivity index (χ2v) is 6.55. The summed E-state index contributed by atoms with van der Waals surface area (Å²) < 4.78 is 11.1. The largest absolute Gasteiger partial charge is 0.388 e. The van der Waals surface area contributed by atoms with Gasteiger partial charge < -0.3 is 19.5 Å². The van der Waals surface area contributed by atoms with Gasteiger partial charge >= 0.3 is 0 Å². The fourth-order valence-electron chi connectivity index (χ4n) is 2.83. The molecule has 134 valence electrons. The molecule has 7 nitrogen and oxygen atoms in total. The van der Waals surface area contributed by atoms with Crippen LogP contribution in [0.25, 0.3) is 0 Å². The summed E-state index contributed by atoms with van der Waals surface area (Å²) in [5, 5.41) is 7.09. The van der Waals surface area contributed by atoms with Crippen LogP contribution in [0, 0.1) is 6.92 Å². The monoisotopic (exact) mass is 344 g/mol. The van der Waals surface area contributed by atoms with Gasteiger partial charge in [-0.05, 0) is 25.0 Å². The number of morpholine rings is 1. The van der Waals surface area contributed by atoms with E-state index in [0.717, 1.165) is 22.8 Å². The Morgan fingerprint density at radius 3 is 2.84 bits per heavy atom. The third-order valence-electron chi connectivity index (χ3n) is 4.28. The van der Waals surface area contributed by atoms with Gasteiger partial charge in [-0.1, -0.05) is 19.0 Å². The van der Waals surface area contributed by atoms with Gasteiger partial charge in [0.2, 0.25) is 5.76 Å². The molecule has 0 radical (unpaired) electrons. The summed E-state index contributed by atoms with van der Waals surface area (Å²) in [4.78, 5) is 19.0. The number of amides is 1. The molecule has 2 aromatic rings. The predicted octanol–water partition coefficient (Wildman–Crippen LogP) is 2.76. The lowest BCUT2D eigenvalue weighted by Gasteiger charge is -2.32. The van der Waals surface area contributed by atoms with Gasteiger partial charge in [-0.3, -0.25) is 9.78 Å². The van der Waals surface area contributed by atoms with Crippen LogP contribution in [0.5, 0.6) is 0 Å². The highest BCUT2D eigenvalue weighted by Gasteiger charge is 2.29. The number of carbonyl (C=O) groups excluding carboxylic acids is 1.